The van der Waals surface area contributed by atoms with Crippen LogP contribution in [-0.2, 0) is 0 Å². The number of aliphatic hydroxyl groups is 1. The van der Waals surface area contributed by atoms with E-state index in [9.17, 15) is 5.11 Å². The fourth-order valence-corrected chi connectivity index (χ4v) is 1.56. The number of rotatable bonds is 4. The predicted octanol–water partition coefficient (Wildman–Crippen LogP) is 3.18. The average molecular weight is 234 g/mol. The van der Waals surface area contributed by atoms with E-state index in [0.29, 0.717) is 28.7 Å². The Kier molecular flexibility index (Phi) is 4.52. The maximum atomic E-state index is 9.35. The lowest BCUT2D eigenvalue weighted by molar-refractivity contribution is 0.183. The first-order valence-electron chi connectivity index (χ1n) is 4.51. The summed E-state index contributed by atoms with van der Waals surface area (Å²) in [5.74, 6) is 0. The molecule has 1 atom stereocenters. The quantitative estimate of drug-likeness (QED) is 0.838. The summed E-state index contributed by atoms with van der Waals surface area (Å²) in [5.41, 5.74) is 0.684. The smallest absolute Gasteiger partial charge is 0.0719 e. The van der Waals surface area contributed by atoms with Crippen molar-refractivity contribution in [1.29, 1.82) is 0 Å². The Bertz CT molecular complexity index is 284. The molecule has 0 saturated heterocycles. The third-order valence-corrected chi connectivity index (χ3v) is 2.58. The van der Waals surface area contributed by atoms with Gasteiger partial charge in [0.05, 0.1) is 21.8 Å². The van der Waals surface area contributed by atoms with E-state index in [4.69, 9.17) is 23.2 Å². The summed E-state index contributed by atoms with van der Waals surface area (Å²) < 4.78 is 0. The molecule has 1 rings (SSSR count). The van der Waals surface area contributed by atoms with E-state index in [1.165, 1.54) is 0 Å². The second-order valence-electron chi connectivity index (χ2n) is 3.04. The van der Waals surface area contributed by atoms with Crippen molar-refractivity contribution in [1.82, 2.24) is 0 Å². The van der Waals surface area contributed by atoms with Crippen LogP contribution >= 0.6 is 23.2 Å². The molecule has 78 valence electrons. The van der Waals surface area contributed by atoms with Gasteiger partial charge in [-0.25, -0.2) is 0 Å². The fourth-order valence-electron chi connectivity index (χ4n) is 1.03. The highest BCUT2D eigenvalue weighted by atomic mass is 35.5. The van der Waals surface area contributed by atoms with E-state index in [1.54, 1.807) is 18.2 Å². The molecule has 1 aromatic rings. The molecule has 14 heavy (non-hydrogen) atoms. The van der Waals surface area contributed by atoms with Gasteiger partial charge in [-0.2, -0.15) is 0 Å². The summed E-state index contributed by atoms with van der Waals surface area (Å²) in [6, 6.07) is 5.30. The van der Waals surface area contributed by atoms with Gasteiger partial charge in [0.25, 0.3) is 0 Å². The Hall–Kier alpha value is -0.440. The zero-order valence-electron chi connectivity index (χ0n) is 7.93. The summed E-state index contributed by atoms with van der Waals surface area (Å²) in [5, 5.41) is 13.5. The number of benzene rings is 1. The lowest BCUT2D eigenvalue weighted by atomic mass is 10.2. The van der Waals surface area contributed by atoms with Gasteiger partial charge in [-0.1, -0.05) is 36.2 Å². The molecule has 0 aliphatic rings. The highest BCUT2D eigenvalue weighted by Crippen LogP contribution is 2.29. The monoisotopic (exact) mass is 233 g/mol. The molecule has 0 saturated carbocycles. The van der Waals surface area contributed by atoms with Gasteiger partial charge in [-0.3, -0.25) is 0 Å². The van der Waals surface area contributed by atoms with Gasteiger partial charge in [0.1, 0.15) is 0 Å². The van der Waals surface area contributed by atoms with Crippen LogP contribution in [0.15, 0.2) is 18.2 Å². The maximum absolute atomic E-state index is 9.35. The van der Waals surface area contributed by atoms with E-state index in [0.717, 1.165) is 0 Å². The van der Waals surface area contributed by atoms with Crippen molar-refractivity contribution in [2.75, 3.05) is 11.9 Å². The molecule has 0 heterocycles. The molecule has 4 heteroatoms. The normalized spacial score (nSPS) is 12.6. The van der Waals surface area contributed by atoms with Gasteiger partial charge in [0.15, 0.2) is 0 Å². The van der Waals surface area contributed by atoms with Crippen LogP contribution in [-0.4, -0.2) is 17.8 Å². The van der Waals surface area contributed by atoms with Crippen molar-refractivity contribution >= 4 is 28.9 Å². The molecule has 2 N–H and O–H groups in total. The molecule has 0 aromatic heterocycles. The number of para-hydroxylation sites is 1. The minimum Gasteiger partial charge on any atom is -0.391 e. The van der Waals surface area contributed by atoms with Crippen LogP contribution < -0.4 is 5.32 Å². The number of anilines is 1. The van der Waals surface area contributed by atoms with Crippen molar-refractivity contribution in [2.24, 2.45) is 0 Å². The van der Waals surface area contributed by atoms with Gasteiger partial charge in [0.2, 0.25) is 0 Å². The summed E-state index contributed by atoms with van der Waals surface area (Å²) in [7, 11) is 0. The van der Waals surface area contributed by atoms with Crippen molar-refractivity contribution < 1.29 is 5.11 Å². The molecule has 0 spiro atoms. The SMILES string of the molecule is CCC(O)CNc1c(Cl)cccc1Cl. The average Bonchev–Trinajstić information content (AvgIpc) is 2.16. The van der Waals surface area contributed by atoms with Crippen LogP contribution in [0.4, 0.5) is 5.69 Å². The summed E-state index contributed by atoms with van der Waals surface area (Å²) >= 11 is 11.9. The minimum absolute atomic E-state index is 0.373. The third kappa shape index (κ3) is 3.05. The molecule has 0 bridgehead atoms. The zero-order chi connectivity index (χ0) is 10.6. The minimum atomic E-state index is -0.373. The van der Waals surface area contributed by atoms with E-state index < -0.39 is 0 Å². The molecule has 0 radical (unpaired) electrons. The molecule has 0 amide bonds. The largest absolute Gasteiger partial charge is 0.391 e. The van der Waals surface area contributed by atoms with Crippen LogP contribution in [0.2, 0.25) is 10.0 Å². The molecule has 0 aliphatic carbocycles. The van der Waals surface area contributed by atoms with Gasteiger partial charge < -0.3 is 10.4 Å². The molecule has 0 aliphatic heterocycles. The molecular weight excluding hydrogens is 221 g/mol. The van der Waals surface area contributed by atoms with E-state index in [2.05, 4.69) is 5.32 Å². The van der Waals surface area contributed by atoms with E-state index >= 15 is 0 Å². The molecule has 0 fully saturated rings. The Labute approximate surface area is 93.8 Å². The second kappa shape index (κ2) is 5.44. The van der Waals surface area contributed by atoms with Crippen LogP contribution in [0.25, 0.3) is 0 Å². The lowest BCUT2D eigenvalue weighted by Crippen LogP contribution is -2.18. The highest BCUT2D eigenvalue weighted by Gasteiger charge is 2.06. The molecule has 2 nitrogen and oxygen atoms in total. The summed E-state index contributed by atoms with van der Waals surface area (Å²) in [6.07, 6.45) is 0.331. The van der Waals surface area contributed by atoms with Gasteiger partial charge in [-0.15, -0.1) is 0 Å². The van der Waals surface area contributed by atoms with E-state index in [1.807, 2.05) is 6.92 Å². The highest BCUT2D eigenvalue weighted by molar-refractivity contribution is 6.39. The van der Waals surface area contributed by atoms with Gasteiger partial charge in [-0.05, 0) is 18.6 Å². The Morgan fingerprint density at radius 2 is 1.93 bits per heavy atom. The van der Waals surface area contributed by atoms with Crippen molar-refractivity contribution in [2.45, 2.75) is 19.4 Å². The molecule has 1 unspecified atom stereocenters. The molecule has 1 aromatic carbocycles. The van der Waals surface area contributed by atoms with Crippen LogP contribution in [0.5, 0.6) is 0 Å². The van der Waals surface area contributed by atoms with Crippen molar-refractivity contribution in [3.05, 3.63) is 28.2 Å². The van der Waals surface area contributed by atoms with E-state index in [-0.39, 0.29) is 6.10 Å². The summed E-state index contributed by atoms with van der Waals surface area (Å²) in [6.45, 7) is 2.38. The standard InChI is InChI=1S/C10H13Cl2NO/c1-2-7(14)6-13-10-8(11)4-3-5-9(10)12/h3-5,7,13-14H,2,6H2,1H3. The number of hydrogen-bond donors (Lipinski definition) is 2. The Balaban J connectivity index is 2.66. The number of hydrogen-bond acceptors (Lipinski definition) is 2. The number of nitrogens with one attached hydrogen (secondary N) is 1. The first kappa shape index (κ1) is 11.6. The Morgan fingerprint density at radius 1 is 1.36 bits per heavy atom. The zero-order valence-corrected chi connectivity index (χ0v) is 9.44. The third-order valence-electron chi connectivity index (χ3n) is 1.95. The predicted molar refractivity (Wildman–Crippen MR) is 61.2 cm³/mol. The topological polar surface area (TPSA) is 32.3 Å². The second-order valence-corrected chi connectivity index (χ2v) is 3.85. The van der Waals surface area contributed by atoms with Crippen molar-refractivity contribution in [3.63, 3.8) is 0 Å². The van der Waals surface area contributed by atoms with Gasteiger partial charge in [0, 0.05) is 6.54 Å². The first-order chi connectivity index (χ1) is 6.65. The fraction of sp³-hybridized carbons (Fsp3) is 0.400. The first-order valence-corrected chi connectivity index (χ1v) is 5.26. The van der Waals surface area contributed by atoms with Crippen LogP contribution in [0, 0.1) is 0 Å². The number of halogens is 2. The Morgan fingerprint density at radius 3 is 2.43 bits per heavy atom. The maximum Gasteiger partial charge on any atom is 0.0719 e. The number of aliphatic hydroxyl groups excluding tert-OH is 1. The van der Waals surface area contributed by atoms with Crippen LogP contribution in [0.3, 0.4) is 0 Å². The lowest BCUT2D eigenvalue weighted by Gasteiger charge is -2.13. The van der Waals surface area contributed by atoms with Crippen LogP contribution in [0.1, 0.15) is 13.3 Å². The van der Waals surface area contributed by atoms with Gasteiger partial charge >= 0.3 is 0 Å². The molecular formula is C10H13Cl2NO. The van der Waals surface area contributed by atoms with Crippen molar-refractivity contribution in [3.8, 4) is 0 Å². The summed E-state index contributed by atoms with van der Waals surface area (Å²) in [4.78, 5) is 0.